The minimum Gasteiger partial charge on any atom is -0.454 e. The number of hydrogen-bond acceptors (Lipinski definition) is 7. The fourth-order valence-electron chi connectivity index (χ4n) is 4.47. The van der Waals surface area contributed by atoms with Gasteiger partial charge in [-0.15, -0.1) is 0 Å². The first kappa shape index (κ1) is 18.9. The van der Waals surface area contributed by atoms with Crippen LogP contribution in [0.3, 0.4) is 0 Å². The van der Waals surface area contributed by atoms with Gasteiger partial charge in [0.1, 0.15) is 6.07 Å². The number of benzene rings is 2. The molecule has 7 heteroatoms. The minimum absolute atomic E-state index is 0.0808. The van der Waals surface area contributed by atoms with Crippen molar-refractivity contribution >= 4 is 11.6 Å². The molecule has 0 saturated carbocycles. The maximum absolute atomic E-state index is 13.4. The van der Waals surface area contributed by atoms with E-state index in [1.54, 1.807) is 24.3 Å². The zero-order valence-electron chi connectivity index (χ0n) is 16.7. The van der Waals surface area contributed by atoms with Gasteiger partial charge >= 0.3 is 0 Å². The lowest BCUT2D eigenvalue weighted by molar-refractivity contribution is 0.0883. The maximum Gasteiger partial charge on any atom is 0.231 e. The number of nitriles is 1. The normalized spacial score (nSPS) is 20.1. The predicted molar refractivity (Wildman–Crippen MR) is 109 cm³/mol. The van der Waals surface area contributed by atoms with Crippen molar-refractivity contribution < 1.29 is 23.8 Å². The highest BCUT2D eigenvalue weighted by Gasteiger charge is 2.44. The molecule has 0 unspecified atom stereocenters. The third-order valence-electron chi connectivity index (χ3n) is 5.90. The lowest BCUT2D eigenvalue weighted by Gasteiger charge is -2.33. The van der Waals surface area contributed by atoms with Gasteiger partial charge in [-0.05, 0) is 30.0 Å². The zero-order valence-corrected chi connectivity index (χ0v) is 16.7. The van der Waals surface area contributed by atoms with E-state index in [9.17, 15) is 14.9 Å². The van der Waals surface area contributed by atoms with Crippen molar-refractivity contribution in [3.8, 4) is 17.6 Å². The lowest BCUT2D eigenvalue weighted by atomic mass is 9.72. The molecule has 0 fully saturated rings. The van der Waals surface area contributed by atoms with E-state index < -0.39 is 11.7 Å². The minimum atomic E-state index is -0.663. The van der Waals surface area contributed by atoms with E-state index in [0.717, 1.165) is 5.56 Å². The highest BCUT2D eigenvalue weighted by molar-refractivity contribution is 6.26. The monoisotopic (exact) mass is 414 g/mol. The van der Waals surface area contributed by atoms with Crippen LogP contribution in [0.5, 0.6) is 11.5 Å². The summed E-state index contributed by atoms with van der Waals surface area (Å²) in [5.41, 5.74) is 7.92. The molecule has 2 aromatic carbocycles. The van der Waals surface area contributed by atoms with Crippen LogP contribution in [-0.2, 0) is 11.2 Å². The second kappa shape index (κ2) is 7.03. The molecule has 2 heterocycles. The third kappa shape index (κ3) is 2.88. The highest BCUT2D eigenvalue weighted by atomic mass is 16.7. The molecule has 2 atom stereocenters. The van der Waals surface area contributed by atoms with Gasteiger partial charge in [0.05, 0.1) is 11.1 Å². The molecule has 2 N–H and O–H groups in total. The van der Waals surface area contributed by atoms with Gasteiger partial charge < -0.3 is 19.9 Å². The van der Waals surface area contributed by atoms with Gasteiger partial charge in [0, 0.05) is 17.0 Å². The van der Waals surface area contributed by atoms with Crippen LogP contribution >= 0.6 is 0 Å². The first-order valence-corrected chi connectivity index (χ1v) is 9.88. The molecule has 0 saturated heterocycles. The van der Waals surface area contributed by atoms with Gasteiger partial charge in [-0.1, -0.05) is 37.3 Å². The molecule has 3 aliphatic rings. The van der Waals surface area contributed by atoms with Crippen LogP contribution in [-0.4, -0.2) is 18.4 Å². The average molecular weight is 414 g/mol. The smallest absolute Gasteiger partial charge is 0.231 e. The van der Waals surface area contributed by atoms with Gasteiger partial charge in [-0.2, -0.15) is 5.26 Å². The molecular formula is C24H18N2O5. The van der Waals surface area contributed by atoms with Crippen molar-refractivity contribution in [3.63, 3.8) is 0 Å². The van der Waals surface area contributed by atoms with Gasteiger partial charge in [-0.25, -0.2) is 0 Å². The summed E-state index contributed by atoms with van der Waals surface area (Å²) in [5.74, 6) is -0.470. The Hall–Kier alpha value is -4.05. The molecule has 2 aliphatic heterocycles. The van der Waals surface area contributed by atoms with Crippen molar-refractivity contribution in [1.29, 1.82) is 5.26 Å². The number of ketones is 2. The van der Waals surface area contributed by atoms with Gasteiger partial charge in [-0.3, -0.25) is 9.59 Å². The van der Waals surface area contributed by atoms with Crippen LogP contribution in [0.25, 0.3) is 0 Å². The fourth-order valence-corrected chi connectivity index (χ4v) is 4.47. The molecule has 5 rings (SSSR count). The van der Waals surface area contributed by atoms with Crippen molar-refractivity contribution in [2.24, 2.45) is 17.6 Å². The topological polar surface area (TPSA) is 112 Å². The number of rotatable bonds is 3. The van der Waals surface area contributed by atoms with Crippen molar-refractivity contribution in [3.05, 3.63) is 81.9 Å². The van der Waals surface area contributed by atoms with E-state index in [4.69, 9.17) is 19.9 Å². The van der Waals surface area contributed by atoms with E-state index in [0.29, 0.717) is 23.5 Å². The third-order valence-corrected chi connectivity index (χ3v) is 5.90. The zero-order chi connectivity index (χ0) is 21.7. The number of carbonyl (C=O) groups excluding carboxylic acids is 2. The van der Waals surface area contributed by atoms with Crippen LogP contribution in [0.2, 0.25) is 0 Å². The van der Waals surface area contributed by atoms with Crippen LogP contribution < -0.4 is 15.2 Å². The Morgan fingerprint density at radius 3 is 2.55 bits per heavy atom. The van der Waals surface area contributed by atoms with E-state index in [-0.39, 0.29) is 46.8 Å². The summed E-state index contributed by atoms with van der Waals surface area (Å²) in [7, 11) is 0. The highest BCUT2D eigenvalue weighted by Crippen LogP contribution is 2.43. The largest absolute Gasteiger partial charge is 0.454 e. The first-order chi connectivity index (χ1) is 15.0. The summed E-state index contributed by atoms with van der Waals surface area (Å²) in [5, 5.41) is 9.79. The Kier molecular flexibility index (Phi) is 4.29. The predicted octanol–water partition coefficient (Wildman–Crippen LogP) is 3.27. The molecule has 0 bridgehead atoms. The quantitative estimate of drug-likeness (QED) is 0.820. The van der Waals surface area contributed by atoms with Gasteiger partial charge in [0.25, 0.3) is 0 Å². The van der Waals surface area contributed by atoms with E-state index in [1.807, 2.05) is 25.1 Å². The Labute approximate surface area is 178 Å². The summed E-state index contributed by atoms with van der Waals surface area (Å²) in [6.07, 6.45) is 0.527. The second-order valence-corrected chi connectivity index (χ2v) is 7.79. The van der Waals surface area contributed by atoms with Crippen LogP contribution in [0.15, 0.2) is 65.3 Å². The number of allylic oxidation sites excluding steroid dienone is 3. The molecule has 2 aromatic rings. The first-order valence-electron chi connectivity index (χ1n) is 9.88. The summed E-state index contributed by atoms with van der Waals surface area (Å²) >= 11 is 0. The molecule has 154 valence electrons. The Morgan fingerprint density at radius 1 is 1.10 bits per heavy atom. The van der Waals surface area contributed by atoms with E-state index in [1.165, 1.54) is 0 Å². The molecule has 0 amide bonds. The van der Waals surface area contributed by atoms with E-state index >= 15 is 0 Å². The molecule has 0 radical (unpaired) electrons. The van der Waals surface area contributed by atoms with Crippen molar-refractivity contribution in [2.75, 3.05) is 6.79 Å². The Morgan fingerprint density at radius 2 is 1.81 bits per heavy atom. The molecule has 7 nitrogen and oxygen atoms in total. The number of hydrogen-bond donors (Lipinski definition) is 1. The van der Waals surface area contributed by atoms with Crippen LogP contribution in [0.4, 0.5) is 0 Å². The van der Waals surface area contributed by atoms with E-state index in [2.05, 4.69) is 6.07 Å². The molecular weight excluding hydrogens is 396 g/mol. The number of ether oxygens (including phenoxy) is 3. The molecule has 0 aromatic heterocycles. The summed E-state index contributed by atoms with van der Waals surface area (Å²) in [6, 6.07) is 14.3. The lowest BCUT2D eigenvalue weighted by Crippen LogP contribution is -2.36. The number of Topliss-reactive ketones (excluding diaryl/α,β-unsaturated/α-hetero) is 2. The maximum atomic E-state index is 13.4. The number of carbonyl (C=O) groups is 2. The standard InChI is InChI=1S/C24H18N2O5/c1-12(8-13-6-7-17-18(9-13)30-11-29-17)19-16(10-25)24(26)31-23-20(19)21(27)14-4-2-3-5-15(14)22(23)28/h2-7,9,12,19H,8,11,26H2,1H3/t12-,19+/m0/s1. The Balaban J connectivity index is 1.56. The van der Waals surface area contributed by atoms with Crippen LogP contribution in [0, 0.1) is 23.2 Å². The van der Waals surface area contributed by atoms with Crippen LogP contribution in [0.1, 0.15) is 33.2 Å². The molecule has 31 heavy (non-hydrogen) atoms. The molecule has 1 aliphatic carbocycles. The number of fused-ring (bicyclic) bond motifs is 2. The molecule has 0 spiro atoms. The SMILES string of the molecule is C[C@@H](Cc1ccc2c(c1)OCO2)[C@@H]1C(C#N)=C(N)OC2=C1C(=O)c1ccccc1C2=O. The number of nitrogens with two attached hydrogens (primary N) is 1. The van der Waals surface area contributed by atoms with Crippen molar-refractivity contribution in [2.45, 2.75) is 13.3 Å². The summed E-state index contributed by atoms with van der Waals surface area (Å²) in [4.78, 5) is 26.5. The summed E-state index contributed by atoms with van der Waals surface area (Å²) < 4.78 is 16.3. The second-order valence-electron chi connectivity index (χ2n) is 7.79. The van der Waals surface area contributed by atoms with Gasteiger partial charge in [0.15, 0.2) is 23.0 Å². The summed E-state index contributed by atoms with van der Waals surface area (Å²) in [6.45, 7) is 2.10. The average Bonchev–Trinajstić information content (AvgIpc) is 3.24. The fraction of sp³-hybridized carbons (Fsp3) is 0.208. The Bertz CT molecular complexity index is 1250. The number of nitrogens with zero attached hydrogens (tertiary/aromatic N) is 1. The van der Waals surface area contributed by atoms with Gasteiger partial charge in [0.2, 0.25) is 18.5 Å². The van der Waals surface area contributed by atoms with Crippen molar-refractivity contribution in [1.82, 2.24) is 0 Å².